The van der Waals surface area contributed by atoms with Gasteiger partial charge in [0.05, 0.1) is 27.9 Å². The van der Waals surface area contributed by atoms with Gasteiger partial charge in [-0.15, -0.1) is 0 Å². The lowest BCUT2D eigenvalue weighted by molar-refractivity contribution is -0.137. The Balaban J connectivity index is 2.38. The van der Waals surface area contributed by atoms with E-state index < -0.39 is 23.6 Å². The first kappa shape index (κ1) is 20.9. The van der Waals surface area contributed by atoms with Crippen LogP contribution in [-0.2, 0) is 12.6 Å². The van der Waals surface area contributed by atoms with Gasteiger partial charge >= 0.3 is 12.4 Å². The van der Waals surface area contributed by atoms with Crippen LogP contribution in [-0.4, -0.2) is 21.9 Å². The molecule has 0 spiro atoms. The molecule has 4 nitrogen and oxygen atoms in total. The maximum Gasteiger partial charge on any atom is 0.430 e. The standard InChI is InChI=1S/C16H11BrF6N4/c17-10-7-25-14(26-8-10)6-12(5-13(24)16(21,22)23)27-11-3-1-9(2-4-11)15(18,19)20/h1-5,7-8H,6,24H2. The predicted molar refractivity (Wildman–Crippen MR) is 90.3 cm³/mol. The van der Waals surface area contributed by atoms with E-state index in [0.29, 0.717) is 10.5 Å². The summed E-state index contributed by atoms with van der Waals surface area (Å²) in [5.41, 5.74) is 2.59. The summed E-state index contributed by atoms with van der Waals surface area (Å²) in [5, 5.41) is 0. The average Bonchev–Trinajstić information content (AvgIpc) is 2.55. The van der Waals surface area contributed by atoms with E-state index in [1.165, 1.54) is 12.4 Å². The van der Waals surface area contributed by atoms with E-state index in [2.05, 4.69) is 30.9 Å². The van der Waals surface area contributed by atoms with Gasteiger partial charge in [-0.3, -0.25) is 4.99 Å². The van der Waals surface area contributed by atoms with Crippen molar-refractivity contribution in [1.29, 1.82) is 0 Å². The zero-order valence-electron chi connectivity index (χ0n) is 13.3. The van der Waals surface area contributed by atoms with Crippen LogP contribution in [0.2, 0.25) is 0 Å². The van der Waals surface area contributed by atoms with Gasteiger partial charge in [-0.25, -0.2) is 9.97 Å². The molecule has 0 aliphatic heterocycles. The Kier molecular flexibility index (Phi) is 6.24. The fourth-order valence-corrected chi connectivity index (χ4v) is 2.07. The Morgan fingerprint density at radius 2 is 1.59 bits per heavy atom. The van der Waals surface area contributed by atoms with Crippen LogP contribution in [0.15, 0.2) is 57.9 Å². The van der Waals surface area contributed by atoms with Crippen LogP contribution >= 0.6 is 15.9 Å². The van der Waals surface area contributed by atoms with E-state index in [0.717, 1.165) is 24.3 Å². The topological polar surface area (TPSA) is 64.2 Å². The molecule has 11 heteroatoms. The lowest BCUT2D eigenvalue weighted by Crippen LogP contribution is -2.21. The summed E-state index contributed by atoms with van der Waals surface area (Å²) in [6.45, 7) is 0. The molecule has 2 N–H and O–H groups in total. The van der Waals surface area contributed by atoms with Crippen molar-refractivity contribution in [3.05, 3.63) is 64.3 Å². The molecule has 0 bridgehead atoms. The largest absolute Gasteiger partial charge is 0.430 e. The highest BCUT2D eigenvalue weighted by molar-refractivity contribution is 9.10. The summed E-state index contributed by atoms with van der Waals surface area (Å²) < 4.78 is 76.5. The molecule has 0 aliphatic carbocycles. The summed E-state index contributed by atoms with van der Waals surface area (Å²) in [6.07, 6.45) is -6.11. The van der Waals surface area contributed by atoms with E-state index in [-0.39, 0.29) is 23.6 Å². The van der Waals surface area contributed by atoms with E-state index in [4.69, 9.17) is 5.73 Å². The van der Waals surface area contributed by atoms with Crippen molar-refractivity contribution in [2.45, 2.75) is 18.8 Å². The van der Waals surface area contributed by atoms with Crippen molar-refractivity contribution in [3.63, 3.8) is 0 Å². The predicted octanol–water partition coefficient (Wildman–Crippen LogP) is 4.98. The number of halogens is 7. The van der Waals surface area contributed by atoms with Gasteiger partial charge < -0.3 is 5.73 Å². The second-order valence-corrected chi connectivity index (χ2v) is 6.16. The zero-order valence-corrected chi connectivity index (χ0v) is 14.9. The SMILES string of the molecule is NC(=CC(Cc1ncc(Br)cn1)=Nc1ccc(C(F)(F)F)cc1)C(F)(F)F. The van der Waals surface area contributed by atoms with Gasteiger partial charge in [0.25, 0.3) is 0 Å². The van der Waals surface area contributed by atoms with Crippen LogP contribution in [0.25, 0.3) is 0 Å². The molecule has 0 radical (unpaired) electrons. The summed E-state index contributed by atoms with van der Waals surface area (Å²) in [5.74, 6) is 0.162. The molecule has 0 aliphatic rings. The fraction of sp³-hybridized carbons (Fsp3) is 0.188. The normalized spacial score (nSPS) is 13.7. The molecule has 0 unspecified atom stereocenters. The van der Waals surface area contributed by atoms with Crippen molar-refractivity contribution in [1.82, 2.24) is 9.97 Å². The molecule has 0 saturated heterocycles. The first-order valence-electron chi connectivity index (χ1n) is 7.21. The molecular weight excluding hydrogens is 442 g/mol. The molecule has 2 aromatic rings. The molecule has 0 atom stereocenters. The van der Waals surface area contributed by atoms with Crippen LogP contribution < -0.4 is 5.73 Å². The number of allylic oxidation sites excluding steroid dienone is 2. The van der Waals surface area contributed by atoms with Crippen LogP contribution in [0.4, 0.5) is 32.0 Å². The Hall–Kier alpha value is -2.43. The number of alkyl halides is 6. The number of hydrogen-bond acceptors (Lipinski definition) is 4. The summed E-state index contributed by atoms with van der Waals surface area (Å²) >= 11 is 3.13. The van der Waals surface area contributed by atoms with E-state index in [9.17, 15) is 26.3 Å². The molecule has 0 saturated carbocycles. The molecule has 1 aromatic heterocycles. The maximum absolute atomic E-state index is 12.7. The quantitative estimate of drug-likeness (QED) is 0.525. The second-order valence-electron chi connectivity index (χ2n) is 5.24. The molecule has 0 fully saturated rings. The molecule has 144 valence electrons. The number of rotatable bonds is 4. The monoisotopic (exact) mass is 452 g/mol. The first-order valence-corrected chi connectivity index (χ1v) is 8.00. The van der Waals surface area contributed by atoms with Gasteiger partial charge in [0.2, 0.25) is 0 Å². The highest BCUT2D eigenvalue weighted by Crippen LogP contribution is 2.30. The Bertz CT molecular complexity index is 839. The number of aromatic nitrogens is 2. The van der Waals surface area contributed by atoms with E-state index in [1.54, 1.807) is 0 Å². The smallest absolute Gasteiger partial charge is 0.395 e. The third-order valence-corrected chi connectivity index (χ3v) is 3.54. The van der Waals surface area contributed by atoms with Crippen molar-refractivity contribution in [2.75, 3.05) is 0 Å². The molecule has 27 heavy (non-hydrogen) atoms. The van der Waals surface area contributed by atoms with Gasteiger partial charge in [-0.05, 0) is 46.3 Å². The van der Waals surface area contributed by atoms with Crippen LogP contribution in [0.5, 0.6) is 0 Å². The van der Waals surface area contributed by atoms with Crippen molar-refractivity contribution < 1.29 is 26.3 Å². The minimum atomic E-state index is -4.78. The second kappa shape index (κ2) is 8.07. The minimum absolute atomic E-state index is 0.0290. The summed E-state index contributed by atoms with van der Waals surface area (Å²) in [7, 11) is 0. The first-order chi connectivity index (χ1) is 12.4. The van der Waals surface area contributed by atoms with Gasteiger partial charge in [-0.1, -0.05) is 0 Å². The molecule has 1 heterocycles. The van der Waals surface area contributed by atoms with E-state index in [1.807, 2.05) is 0 Å². The average molecular weight is 453 g/mol. The highest BCUT2D eigenvalue weighted by atomic mass is 79.9. The summed E-state index contributed by atoms with van der Waals surface area (Å²) in [4.78, 5) is 11.8. The van der Waals surface area contributed by atoms with Crippen LogP contribution in [0, 0.1) is 0 Å². The van der Waals surface area contributed by atoms with Gasteiger partial charge in [0.1, 0.15) is 11.5 Å². The third-order valence-electron chi connectivity index (χ3n) is 3.13. The number of nitrogens with zero attached hydrogens (tertiary/aromatic N) is 3. The van der Waals surface area contributed by atoms with Crippen LogP contribution in [0.1, 0.15) is 11.4 Å². The maximum atomic E-state index is 12.7. The lowest BCUT2D eigenvalue weighted by Gasteiger charge is -2.09. The Morgan fingerprint density at radius 1 is 1.04 bits per heavy atom. The van der Waals surface area contributed by atoms with E-state index >= 15 is 0 Å². The molecular formula is C16H11BrF6N4. The zero-order chi connectivity index (χ0) is 20.2. The molecule has 2 rings (SSSR count). The number of aliphatic imine (C=N–C) groups is 1. The van der Waals surface area contributed by atoms with Crippen molar-refractivity contribution in [3.8, 4) is 0 Å². The fourth-order valence-electron chi connectivity index (χ4n) is 1.87. The highest BCUT2D eigenvalue weighted by Gasteiger charge is 2.32. The Labute approximate surface area is 158 Å². The minimum Gasteiger partial charge on any atom is -0.395 e. The third kappa shape index (κ3) is 6.35. The molecule has 1 aromatic carbocycles. The summed E-state index contributed by atoms with van der Waals surface area (Å²) in [6, 6.07) is 3.65. The van der Waals surface area contributed by atoms with Gasteiger partial charge in [-0.2, -0.15) is 26.3 Å². The van der Waals surface area contributed by atoms with Crippen molar-refractivity contribution >= 4 is 27.3 Å². The lowest BCUT2D eigenvalue weighted by atomic mass is 10.1. The number of nitrogens with two attached hydrogens (primary N) is 1. The Morgan fingerprint density at radius 3 is 2.07 bits per heavy atom. The van der Waals surface area contributed by atoms with Gasteiger partial charge in [0.15, 0.2) is 0 Å². The van der Waals surface area contributed by atoms with Gasteiger partial charge in [0, 0.05) is 12.4 Å². The van der Waals surface area contributed by atoms with Crippen LogP contribution in [0.3, 0.4) is 0 Å². The number of hydrogen-bond donors (Lipinski definition) is 1. The number of benzene rings is 1. The molecule has 0 amide bonds. The van der Waals surface area contributed by atoms with Crippen molar-refractivity contribution in [2.24, 2.45) is 10.7 Å².